The zero-order valence-corrected chi connectivity index (χ0v) is 10.7. The molecular weight excluding hydrogens is 272 g/mol. The summed E-state index contributed by atoms with van der Waals surface area (Å²) in [5.41, 5.74) is 6.32. The van der Waals surface area contributed by atoms with E-state index >= 15 is 0 Å². The van der Waals surface area contributed by atoms with Crippen LogP contribution in [0.25, 0.3) is 0 Å². The summed E-state index contributed by atoms with van der Waals surface area (Å²) in [6.07, 6.45) is 0. The first kappa shape index (κ1) is 13.8. The van der Waals surface area contributed by atoms with Crippen LogP contribution < -0.4 is 10.5 Å². The molecule has 0 heterocycles. The lowest BCUT2D eigenvalue weighted by Crippen LogP contribution is -2.19. The summed E-state index contributed by atoms with van der Waals surface area (Å²) in [6, 6.07) is 9.94. The molecule has 2 aromatic rings. The lowest BCUT2D eigenvalue weighted by Gasteiger charge is -2.14. The van der Waals surface area contributed by atoms with Gasteiger partial charge in [0.25, 0.3) is 0 Å². The Labute approximate surface area is 114 Å². The molecule has 2 rings (SSSR count). The predicted molar refractivity (Wildman–Crippen MR) is 70.2 cm³/mol. The summed E-state index contributed by atoms with van der Waals surface area (Å²) in [5.74, 6) is -1.32. The van der Waals surface area contributed by atoms with Crippen LogP contribution in [0, 0.1) is 11.6 Å². The summed E-state index contributed by atoms with van der Waals surface area (Å²) in [7, 11) is 0. The van der Waals surface area contributed by atoms with E-state index < -0.39 is 17.7 Å². The Balaban J connectivity index is 2.03. The maximum Gasteiger partial charge on any atom is 0.159 e. The normalized spacial score (nSPS) is 12.2. The number of benzene rings is 2. The van der Waals surface area contributed by atoms with Gasteiger partial charge in [-0.15, -0.1) is 0 Å². The molecule has 0 radical (unpaired) electrons. The molecule has 0 aliphatic heterocycles. The van der Waals surface area contributed by atoms with Crippen molar-refractivity contribution < 1.29 is 13.5 Å². The molecule has 0 fully saturated rings. The Morgan fingerprint density at radius 2 is 1.84 bits per heavy atom. The highest BCUT2D eigenvalue weighted by Crippen LogP contribution is 2.24. The average Bonchev–Trinajstić information content (AvgIpc) is 2.40. The van der Waals surface area contributed by atoms with Crippen molar-refractivity contribution in [1.82, 2.24) is 0 Å². The Hall–Kier alpha value is -1.65. The van der Waals surface area contributed by atoms with Crippen LogP contribution in [0.1, 0.15) is 11.6 Å². The summed E-state index contributed by atoms with van der Waals surface area (Å²) in [6.45, 7) is 0.120. The molecule has 0 spiro atoms. The topological polar surface area (TPSA) is 35.2 Å². The fraction of sp³-hybridized carbons (Fsp3) is 0.143. The number of hydrogen-bond donors (Lipinski definition) is 1. The van der Waals surface area contributed by atoms with Gasteiger partial charge >= 0.3 is 0 Å². The van der Waals surface area contributed by atoms with E-state index in [4.69, 9.17) is 22.1 Å². The Kier molecular flexibility index (Phi) is 4.35. The molecule has 0 saturated heterocycles. The number of nitrogens with two attached hydrogens (primary N) is 1. The van der Waals surface area contributed by atoms with E-state index in [9.17, 15) is 8.78 Å². The van der Waals surface area contributed by atoms with Gasteiger partial charge in [0.05, 0.1) is 11.1 Å². The third-order valence-electron chi connectivity index (χ3n) is 2.63. The van der Waals surface area contributed by atoms with Gasteiger partial charge in [-0.3, -0.25) is 0 Å². The molecule has 5 heteroatoms. The number of para-hydroxylation sites is 1. The van der Waals surface area contributed by atoms with Gasteiger partial charge in [-0.1, -0.05) is 29.8 Å². The zero-order chi connectivity index (χ0) is 13.8. The van der Waals surface area contributed by atoms with Gasteiger partial charge in [0.15, 0.2) is 11.6 Å². The van der Waals surface area contributed by atoms with Crippen molar-refractivity contribution in [3.8, 4) is 5.75 Å². The summed E-state index contributed by atoms with van der Waals surface area (Å²) in [4.78, 5) is 0. The molecule has 2 aromatic carbocycles. The van der Waals surface area contributed by atoms with Crippen LogP contribution in [0.4, 0.5) is 8.78 Å². The Bertz CT molecular complexity index is 577. The van der Waals surface area contributed by atoms with Crippen molar-refractivity contribution in [3.05, 3.63) is 64.7 Å². The van der Waals surface area contributed by atoms with E-state index in [1.165, 1.54) is 6.07 Å². The minimum Gasteiger partial charge on any atom is -0.490 e. The second-order valence-electron chi connectivity index (χ2n) is 4.02. The highest BCUT2D eigenvalue weighted by molar-refractivity contribution is 6.32. The lowest BCUT2D eigenvalue weighted by molar-refractivity contribution is 0.290. The fourth-order valence-corrected chi connectivity index (χ4v) is 1.77. The molecule has 0 aromatic heterocycles. The van der Waals surface area contributed by atoms with E-state index in [0.29, 0.717) is 16.3 Å². The Morgan fingerprint density at radius 1 is 1.11 bits per heavy atom. The SMILES string of the molecule is NC(COc1ccccc1Cl)c1ccc(F)c(F)c1. The highest BCUT2D eigenvalue weighted by Gasteiger charge is 2.11. The van der Waals surface area contributed by atoms with Crippen molar-refractivity contribution in [2.45, 2.75) is 6.04 Å². The molecular formula is C14H12ClF2NO. The summed E-state index contributed by atoms with van der Waals surface area (Å²) >= 11 is 5.92. The molecule has 0 aliphatic rings. The van der Waals surface area contributed by atoms with Crippen LogP contribution in [0.5, 0.6) is 5.75 Å². The van der Waals surface area contributed by atoms with Crippen LogP contribution in [-0.2, 0) is 0 Å². The number of rotatable bonds is 4. The van der Waals surface area contributed by atoms with E-state index in [1.807, 2.05) is 0 Å². The van der Waals surface area contributed by atoms with Gasteiger partial charge in [-0.05, 0) is 29.8 Å². The molecule has 1 unspecified atom stereocenters. The van der Waals surface area contributed by atoms with Gasteiger partial charge in [-0.2, -0.15) is 0 Å². The second-order valence-corrected chi connectivity index (χ2v) is 4.43. The fourth-order valence-electron chi connectivity index (χ4n) is 1.58. The summed E-state index contributed by atoms with van der Waals surface area (Å²) in [5, 5.41) is 0.472. The van der Waals surface area contributed by atoms with E-state index in [1.54, 1.807) is 24.3 Å². The predicted octanol–water partition coefficient (Wildman–Crippen LogP) is 3.70. The minimum absolute atomic E-state index is 0.120. The number of hydrogen-bond acceptors (Lipinski definition) is 2. The lowest BCUT2D eigenvalue weighted by atomic mass is 10.1. The molecule has 100 valence electrons. The van der Waals surface area contributed by atoms with Crippen LogP contribution in [0.2, 0.25) is 5.02 Å². The highest BCUT2D eigenvalue weighted by atomic mass is 35.5. The molecule has 0 bridgehead atoms. The third kappa shape index (κ3) is 3.43. The standard InChI is InChI=1S/C14H12ClF2NO/c15-10-3-1-2-4-14(10)19-8-13(18)9-5-6-11(16)12(17)7-9/h1-7,13H,8,18H2. The molecule has 2 N–H and O–H groups in total. The van der Waals surface area contributed by atoms with Crippen LogP contribution in [0.3, 0.4) is 0 Å². The van der Waals surface area contributed by atoms with Crippen molar-refractivity contribution in [3.63, 3.8) is 0 Å². The second kappa shape index (κ2) is 5.99. The smallest absolute Gasteiger partial charge is 0.159 e. The van der Waals surface area contributed by atoms with Gasteiger partial charge in [0.2, 0.25) is 0 Å². The van der Waals surface area contributed by atoms with Crippen molar-refractivity contribution >= 4 is 11.6 Å². The van der Waals surface area contributed by atoms with Crippen LogP contribution in [-0.4, -0.2) is 6.61 Å². The third-order valence-corrected chi connectivity index (χ3v) is 2.94. The largest absolute Gasteiger partial charge is 0.490 e. The van der Waals surface area contributed by atoms with Gasteiger partial charge in [0, 0.05) is 0 Å². The van der Waals surface area contributed by atoms with Crippen LogP contribution >= 0.6 is 11.6 Å². The summed E-state index contributed by atoms with van der Waals surface area (Å²) < 4.78 is 31.3. The first-order valence-corrected chi connectivity index (χ1v) is 6.03. The van der Waals surface area contributed by atoms with Crippen molar-refractivity contribution in [2.24, 2.45) is 5.73 Å². The number of halogens is 3. The van der Waals surface area contributed by atoms with Gasteiger partial charge in [0.1, 0.15) is 12.4 Å². The quantitative estimate of drug-likeness (QED) is 0.929. The molecule has 19 heavy (non-hydrogen) atoms. The molecule has 0 amide bonds. The van der Waals surface area contributed by atoms with E-state index in [2.05, 4.69) is 0 Å². The zero-order valence-electron chi connectivity index (χ0n) is 9.95. The monoisotopic (exact) mass is 283 g/mol. The van der Waals surface area contributed by atoms with Gasteiger partial charge < -0.3 is 10.5 Å². The Morgan fingerprint density at radius 3 is 2.53 bits per heavy atom. The van der Waals surface area contributed by atoms with Gasteiger partial charge in [-0.25, -0.2) is 8.78 Å². The number of ether oxygens (including phenoxy) is 1. The van der Waals surface area contributed by atoms with Crippen molar-refractivity contribution in [1.29, 1.82) is 0 Å². The molecule has 0 saturated carbocycles. The first-order chi connectivity index (χ1) is 9.08. The molecule has 2 nitrogen and oxygen atoms in total. The maximum absolute atomic E-state index is 13.1. The maximum atomic E-state index is 13.1. The first-order valence-electron chi connectivity index (χ1n) is 5.66. The van der Waals surface area contributed by atoms with E-state index in [0.717, 1.165) is 12.1 Å². The van der Waals surface area contributed by atoms with E-state index in [-0.39, 0.29) is 6.61 Å². The minimum atomic E-state index is -0.925. The molecule has 1 atom stereocenters. The average molecular weight is 284 g/mol. The van der Waals surface area contributed by atoms with Crippen molar-refractivity contribution in [2.75, 3.05) is 6.61 Å². The van der Waals surface area contributed by atoms with Crippen LogP contribution in [0.15, 0.2) is 42.5 Å². The molecule has 0 aliphatic carbocycles.